The molecule has 0 saturated heterocycles. The summed E-state index contributed by atoms with van der Waals surface area (Å²) in [4.78, 5) is 2.37. The number of aliphatic hydroxyl groups is 1. The monoisotopic (exact) mass is 278 g/mol. The lowest BCUT2D eigenvalue weighted by Gasteiger charge is -2.37. The molecule has 3 heteroatoms. The van der Waals surface area contributed by atoms with Crippen LogP contribution >= 0.6 is 0 Å². The number of unbranched alkanes of at least 4 members (excludes halogenated alkanes) is 1. The van der Waals surface area contributed by atoms with Crippen LogP contribution in [0.15, 0.2) is 30.3 Å². The molecule has 0 bridgehead atoms. The van der Waals surface area contributed by atoms with Gasteiger partial charge in [0.25, 0.3) is 0 Å². The molecule has 0 aliphatic carbocycles. The molecule has 0 heterocycles. The average molecular weight is 278 g/mol. The second kappa shape index (κ2) is 8.28. The fourth-order valence-electron chi connectivity index (χ4n) is 2.55. The number of nitrogens with zero attached hydrogens (tertiary/aromatic N) is 1. The predicted molar refractivity (Wildman–Crippen MR) is 87.3 cm³/mol. The zero-order valence-electron chi connectivity index (χ0n) is 13.4. The number of para-hydroxylation sites is 1. The number of rotatable bonds is 9. The Kier molecular flexibility index (Phi) is 7.03. The summed E-state index contributed by atoms with van der Waals surface area (Å²) in [5.74, 6) is 0. The SMILES string of the molecule is CCCCN(CC(C)(CO)NC(C)C)c1ccccc1. The summed E-state index contributed by atoms with van der Waals surface area (Å²) < 4.78 is 0. The molecule has 0 spiro atoms. The van der Waals surface area contributed by atoms with E-state index in [1.165, 1.54) is 12.1 Å². The van der Waals surface area contributed by atoms with E-state index in [1.807, 2.05) is 6.07 Å². The summed E-state index contributed by atoms with van der Waals surface area (Å²) in [5.41, 5.74) is 0.948. The second-order valence-electron chi connectivity index (χ2n) is 6.13. The van der Waals surface area contributed by atoms with Gasteiger partial charge in [-0.05, 0) is 25.5 Å². The molecule has 20 heavy (non-hydrogen) atoms. The zero-order chi connectivity index (χ0) is 15.0. The summed E-state index contributed by atoms with van der Waals surface area (Å²) in [6, 6.07) is 10.8. The average Bonchev–Trinajstić information content (AvgIpc) is 2.43. The van der Waals surface area contributed by atoms with Crippen molar-refractivity contribution in [1.82, 2.24) is 5.32 Å². The number of anilines is 1. The molecule has 1 atom stereocenters. The number of aliphatic hydroxyl groups excluding tert-OH is 1. The first-order valence-corrected chi connectivity index (χ1v) is 7.69. The molecular weight excluding hydrogens is 248 g/mol. The second-order valence-corrected chi connectivity index (χ2v) is 6.13. The fourth-order valence-corrected chi connectivity index (χ4v) is 2.55. The lowest BCUT2D eigenvalue weighted by molar-refractivity contribution is 0.169. The van der Waals surface area contributed by atoms with E-state index in [4.69, 9.17) is 0 Å². The van der Waals surface area contributed by atoms with Gasteiger partial charge in [-0.1, -0.05) is 45.4 Å². The lowest BCUT2D eigenvalue weighted by atomic mass is 10.0. The van der Waals surface area contributed by atoms with E-state index in [-0.39, 0.29) is 12.1 Å². The van der Waals surface area contributed by atoms with Gasteiger partial charge in [-0.15, -0.1) is 0 Å². The van der Waals surface area contributed by atoms with E-state index in [2.05, 4.69) is 62.2 Å². The van der Waals surface area contributed by atoms with E-state index in [1.54, 1.807) is 0 Å². The molecule has 1 unspecified atom stereocenters. The van der Waals surface area contributed by atoms with Gasteiger partial charge in [-0.2, -0.15) is 0 Å². The van der Waals surface area contributed by atoms with Gasteiger partial charge in [0, 0.05) is 24.8 Å². The van der Waals surface area contributed by atoms with E-state index < -0.39 is 0 Å². The zero-order valence-corrected chi connectivity index (χ0v) is 13.4. The van der Waals surface area contributed by atoms with Crippen molar-refractivity contribution in [2.75, 3.05) is 24.6 Å². The molecule has 1 aromatic carbocycles. The highest BCUT2D eigenvalue weighted by Crippen LogP contribution is 2.18. The van der Waals surface area contributed by atoms with Gasteiger partial charge in [0.05, 0.1) is 12.1 Å². The van der Waals surface area contributed by atoms with E-state index in [0.717, 1.165) is 19.5 Å². The minimum atomic E-state index is -0.280. The van der Waals surface area contributed by atoms with Crippen LogP contribution in [0.3, 0.4) is 0 Å². The third kappa shape index (κ3) is 5.51. The van der Waals surface area contributed by atoms with Crippen LogP contribution in [0, 0.1) is 0 Å². The van der Waals surface area contributed by atoms with Crippen LogP contribution in [-0.4, -0.2) is 36.4 Å². The van der Waals surface area contributed by atoms with Crippen LogP contribution in [0.5, 0.6) is 0 Å². The molecule has 1 aromatic rings. The molecule has 3 nitrogen and oxygen atoms in total. The highest BCUT2D eigenvalue weighted by molar-refractivity contribution is 5.46. The molecule has 114 valence electrons. The third-order valence-corrected chi connectivity index (χ3v) is 3.43. The van der Waals surface area contributed by atoms with Gasteiger partial charge in [-0.3, -0.25) is 0 Å². The highest BCUT2D eigenvalue weighted by atomic mass is 16.3. The van der Waals surface area contributed by atoms with E-state index in [9.17, 15) is 5.11 Å². The molecule has 0 aliphatic rings. The maximum absolute atomic E-state index is 9.77. The first-order valence-electron chi connectivity index (χ1n) is 7.69. The minimum Gasteiger partial charge on any atom is -0.394 e. The van der Waals surface area contributed by atoms with Crippen LogP contribution in [0.1, 0.15) is 40.5 Å². The molecule has 0 aromatic heterocycles. The summed E-state index contributed by atoms with van der Waals surface area (Å²) in [5, 5.41) is 13.3. The Hall–Kier alpha value is -1.06. The predicted octanol–water partition coefficient (Wildman–Crippen LogP) is 3.04. The summed E-state index contributed by atoms with van der Waals surface area (Å²) >= 11 is 0. The van der Waals surface area contributed by atoms with Crippen molar-refractivity contribution in [3.8, 4) is 0 Å². The largest absolute Gasteiger partial charge is 0.394 e. The fraction of sp³-hybridized carbons (Fsp3) is 0.647. The molecule has 0 amide bonds. The van der Waals surface area contributed by atoms with Crippen molar-refractivity contribution in [2.45, 2.75) is 52.1 Å². The highest BCUT2D eigenvalue weighted by Gasteiger charge is 2.27. The van der Waals surface area contributed by atoms with Crippen molar-refractivity contribution in [3.63, 3.8) is 0 Å². The first-order chi connectivity index (χ1) is 9.50. The quantitative estimate of drug-likeness (QED) is 0.729. The van der Waals surface area contributed by atoms with Gasteiger partial charge in [-0.25, -0.2) is 0 Å². The van der Waals surface area contributed by atoms with Gasteiger partial charge in [0.1, 0.15) is 0 Å². The molecule has 0 saturated carbocycles. The molecule has 0 radical (unpaired) electrons. The Morgan fingerprint density at radius 3 is 2.40 bits per heavy atom. The Bertz CT molecular complexity index is 367. The number of nitrogens with one attached hydrogen (secondary N) is 1. The Balaban J connectivity index is 2.82. The normalized spacial score (nSPS) is 14.3. The topological polar surface area (TPSA) is 35.5 Å². The standard InChI is InChI=1S/C17H30N2O/c1-5-6-12-19(16-10-8-7-9-11-16)13-17(4,14-20)18-15(2)3/h7-11,15,18,20H,5-6,12-14H2,1-4H3. The summed E-state index contributed by atoms with van der Waals surface area (Å²) in [6.45, 7) is 10.5. The van der Waals surface area contributed by atoms with Crippen LogP contribution in [0.2, 0.25) is 0 Å². The maximum Gasteiger partial charge on any atom is 0.0628 e. The Morgan fingerprint density at radius 1 is 1.25 bits per heavy atom. The first kappa shape index (κ1) is 17.0. The van der Waals surface area contributed by atoms with Gasteiger partial charge < -0.3 is 15.3 Å². The molecule has 0 fully saturated rings. The molecule has 0 aliphatic heterocycles. The Morgan fingerprint density at radius 2 is 1.90 bits per heavy atom. The number of hydrogen-bond donors (Lipinski definition) is 2. The van der Waals surface area contributed by atoms with Crippen LogP contribution in [0.25, 0.3) is 0 Å². The lowest BCUT2D eigenvalue weighted by Crippen LogP contribution is -2.56. The van der Waals surface area contributed by atoms with Crippen molar-refractivity contribution >= 4 is 5.69 Å². The van der Waals surface area contributed by atoms with Gasteiger partial charge in [0.15, 0.2) is 0 Å². The minimum absolute atomic E-state index is 0.140. The van der Waals surface area contributed by atoms with Gasteiger partial charge >= 0.3 is 0 Å². The van der Waals surface area contributed by atoms with E-state index in [0.29, 0.717) is 6.04 Å². The van der Waals surface area contributed by atoms with Crippen LogP contribution in [0.4, 0.5) is 5.69 Å². The van der Waals surface area contributed by atoms with Crippen molar-refractivity contribution in [1.29, 1.82) is 0 Å². The van der Waals surface area contributed by atoms with Crippen LogP contribution < -0.4 is 10.2 Å². The summed E-state index contributed by atoms with van der Waals surface area (Å²) in [7, 11) is 0. The molecular formula is C17H30N2O. The Labute approximate surface area is 124 Å². The smallest absolute Gasteiger partial charge is 0.0628 e. The number of benzene rings is 1. The summed E-state index contributed by atoms with van der Waals surface area (Å²) in [6.07, 6.45) is 2.34. The molecule has 1 rings (SSSR count). The van der Waals surface area contributed by atoms with Gasteiger partial charge in [0.2, 0.25) is 0 Å². The number of hydrogen-bond acceptors (Lipinski definition) is 3. The third-order valence-electron chi connectivity index (χ3n) is 3.43. The maximum atomic E-state index is 9.77. The molecule has 2 N–H and O–H groups in total. The van der Waals surface area contributed by atoms with E-state index >= 15 is 0 Å². The van der Waals surface area contributed by atoms with Crippen molar-refractivity contribution < 1.29 is 5.11 Å². The van der Waals surface area contributed by atoms with Crippen LogP contribution in [-0.2, 0) is 0 Å². The van der Waals surface area contributed by atoms with Crippen molar-refractivity contribution in [2.24, 2.45) is 0 Å². The van der Waals surface area contributed by atoms with Crippen molar-refractivity contribution in [3.05, 3.63) is 30.3 Å².